The van der Waals surface area contributed by atoms with Gasteiger partial charge in [-0.2, -0.15) is 0 Å². The van der Waals surface area contributed by atoms with Crippen LogP contribution in [-0.4, -0.2) is 21.7 Å². The quantitative estimate of drug-likeness (QED) is 0.559. The Balaban J connectivity index is 2.16. The first-order chi connectivity index (χ1) is 6.18. The van der Waals surface area contributed by atoms with Crippen molar-refractivity contribution in [3.8, 4) is 0 Å². The molecule has 13 heavy (non-hydrogen) atoms. The summed E-state index contributed by atoms with van der Waals surface area (Å²) >= 11 is 3.28. The number of aromatic nitrogens is 2. The van der Waals surface area contributed by atoms with Gasteiger partial charge in [0.25, 0.3) is 0 Å². The molecule has 0 saturated carbocycles. The van der Waals surface area contributed by atoms with Crippen LogP contribution in [0.15, 0.2) is 4.34 Å². The SMILES string of the molecule is CC(=O)CCCSc1nnc(C)s1. The van der Waals surface area contributed by atoms with Crippen molar-refractivity contribution in [2.75, 3.05) is 5.75 Å². The maximum atomic E-state index is 10.6. The molecule has 5 heteroatoms. The highest BCUT2D eigenvalue weighted by Gasteiger charge is 2.00. The minimum absolute atomic E-state index is 0.258. The van der Waals surface area contributed by atoms with E-state index in [1.54, 1.807) is 30.0 Å². The van der Waals surface area contributed by atoms with Gasteiger partial charge in [0.05, 0.1) is 0 Å². The average Bonchev–Trinajstić information content (AvgIpc) is 2.45. The van der Waals surface area contributed by atoms with E-state index in [1.807, 2.05) is 6.92 Å². The summed E-state index contributed by atoms with van der Waals surface area (Å²) in [5.74, 6) is 1.21. The van der Waals surface area contributed by atoms with Gasteiger partial charge in [-0.05, 0) is 20.3 Å². The molecule has 0 bridgehead atoms. The Bertz CT molecular complexity index is 285. The second-order valence-electron chi connectivity index (χ2n) is 2.74. The molecule has 72 valence electrons. The Kier molecular flexibility index (Phi) is 4.38. The molecule has 0 unspecified atom stereocenters. The number of aryl methyl sites for hydroxylation is 1. The van der Waals surface area contributed by atoms with E-state index in [-0.39, 0.29) is 5.78 Å². The standard InChI is InChI=1S/C8H12N2OS2/c1-6(11)4-3-5-12-8-10-9-7(2)13-8/h3-5H2,1-2H3. The largest absolute Gasteiger partial charge is 0.300 e. The van der Waals surface area contributed by atoms with Crippen molar-refractivity contribution in [3.63, 3.8) is 0 Å². The summed E-state index contributed by atoms with van der Waals surface area (Å²) in [5.41, 5.74) is 0. The third kappa shape index (κ3) is 4.38. The molecule has 0 atom stereocenters. The Labute approximate surface area is 86.0 Å². The molecule has 0 amide bonds. The molecule has 0 radical (unpaired) electrons. The fourth-order valence-corrected chi connectivity index (χ4v) is 2.64. The van der Waals surface area contributed by atoms with Gasteiger partial charge < -0.3 is 4.79 Å². The molecule has 1 heterocycles. The zero-order chi connectivity index (χ0) is 9.68. The molecule has 0 fully saturated rings. The van der Waals surface area contributed by atoms with Crippen LogP contribution in [0, 0.1) is 6.92 Å². The molecule has 1 aromatic rings. The van der Waals surface area contributed by atoms with Gasteiger partial charge in [-0.15, -0.1) is 10.2 Å². The first-order valence-corrected chi connectivity index (χ1v) is 5.91. The number of thioether (sulfide) groups is 1. The molecule has 1 aromatic heterocycles. The number of carbonyl (C=O) groups is 1. The zero-order valence-electron chi connectivity index (χ0n) is 7.74. The van der Waals surface area contributed by atoms with Crippen molar-refractivity contribution in [1.82, 2.24) is 10.2 Å². The van der Waals surface area contributed by atoms with E-state index in [0.717, 1.165) is 21.5 Å². The molecule has 0 N–H and O–H groups in total. The second kappa shape index (κ2) is 5.34. The first kappa shape index (κ1) is 10.7. The van der Waals surface area contributed by atoms with Crippen LogP contribution in [0.4, 0.5) is 0 Å². The summed E-state index contributed by atoms with van der Waals surface area (Å²) in [6.45, 7) is 3.57. The third-order valence-corrected chi connectivity index (χ3v) is 3.46. The maximum Gasteiger partial charge on any atom is 0.174 e. The smallest absolute Gasteiger partial charge is 0.174 e. The van der Waals surface area contributed by atoms with Gasteiger partial charge in [0.2, 0.25) is 0 Å². The third-order valence-electron chi connectivity index (χ3n) is 1.41. The van der Waals surface area contributed by atoms with Crippen LogP contribution in [0.2, 0.25) is 0 Å². The van der Waals surface area contributed by atoms with Crippen LogP contribution in [0.5, 0.6) is 0 Å². The number of hydrogen-bond donors (Lipinski definition) is 0. The van der Waals surface area contributed by atoms with Crippen molar-refractivity contribution in [2.45, 2.75) is 31.0 Å². The van der Waals surface area contributed by atoms with Gasteiger partial charge in [-0.1, -0.05) is 23.1 Å². The topological polar surface area (TPSA) is 42.9 Å². The van der Waals surface area contributed by atoms with Crippen LogP contribution >= 0.6 is 23.1 Å². The van der Waals surface area contributed by atoms with Gasteiger partial charge >= 0.3 is 0 Å². The highest BCUT2D eigenvalue weighted by Crippen LogP contribution is 2.22. The molecular formula is C8H12N2OS2. The van der Waals surface area contributed by atoms with Crippen molar-refractivity contribution in [2.24, 2.45) is 0 Å². The van der Waals surface area contributed by atoms with Crippen molar-refractivity contribution < 1.29 is 4.79 Å². The predicted molar refractivity (Wildman–Crippen MR) is 55.3 cm³/mol. The summed E-state index contributed by atoms with van der Waals surface area (Å²) in [6, 6.07) is 0. The van der Waals surface area contributed by atoms with E-state index in [9.17, 15) is 4.79 Å². The van der Waals surface area contributed by atoms with Crippen LogP contribution in [0.25, 0.3) is 0 Å². The lowest BCUT2D eigenvalue weighted by Crippen LogP contribution is -1.90. The fraction of sp³-hybridized carbons (Fsp3) is 0.625. The number of Topliss-reactive ketones (excluding diaryl/α,β-unsaturated/α-hetero) is 1. The maximum absolute atomic E-state index is 10.6. The molecule has 0 aromatic carbocycles. The predicted octanol–water partition coefficient (Wildman–Crippen LogP) is 2.31. The van der Waals surface area contributed by atoms with Crippen molar-refractivity contribution in [1.29, 1.82) is 0 Å². The van der Waals surface area contributed by atoms with Crippen LogP contribution in [0.1, 0.15) is 24.8 Å². The first-order valence-electron chi connectivity index (χ1n) is 4.11. The Morgan fingerprint density at radius 2 is 2.31 bits per heavy atom. The number of nitrogens with zero attached hydrogens (tertiary/aromatic N) is 2. The molecule has 0 aliphatic rings. The molecule has 3 nitrogen and oxygen atoms in total. The zero-order valence-corrected chi connectivity index (χ0v) is 9.37. The molecule has 0 saturated heterocycles. The van der Waals surface area contributed by atoms with E-state index >= 15 is 0 Å². The molecule has 0 spiro atoms. The molecule has 0 aliphatic carbocycles. The second-order valence-corrected chi connectivity index (χ2v) is 5.26. The lowest BCUT2D eigenvalue weighted by Gasteiger charge is -1.94. The monoisotopic (exact) mass is 216 g/mol. The van der Waals surface area contributed by atoms with Crippen molar-refractivity contribution >= 4 is 28.9 Å². The fourth-order valence-electron chi connectivity index (χ4n) is 0.817. The Hall–Kier alpha value is -0.420. The number of ketones is 1. The van der Waals surface area contributed by atoms with Gasteiger partial charge in [-0.3, -0.25) is 0 Å². The van der Waals surface area contributed by atoms with E-state index in [2.05, 4.69) is 10.2 Å². The highest BCUT2D eigenvalue weighted by atomic mass is 32.2. The molecule has 1 rings (SSSR count). The van der Waals surface area contributed by atoms with Crippen molar-refractivity contribution in [3.05, 3.63) is 5.01 Å². The summed E-state index contributed by atoms with van der Waals surface area (Å²) in [7, 11) is 0. The van der Waals surface area contributed by atoms with E-state index in [4.69, 9.17) is 0 Å². The minimum atomic E-state index is 0.258. The number of carbonyl (C=O) groups excluding carboxylic acids is 1. The van der Waals surface area contributed by atoms with E-state index < -0.39 is 0 Å². The lowest BCUT2D eigenvalue weighted by atomic mass is 10.3. The summed E-state index contributed by atoms with van der Waals surface area (Å²) in [4.78, 5) is 10.6. The minimum Gasteiger partial charge on any atom is -0.300 e. The summed E-state index contributed by atoms with van der Waals surface area (Å²) < 4.78 is 1.00. The number of hydrogen-bond acceptors (Lipinski definition) is 5. The Morgan fingerprint density at radius 1 is 1.54 bits per heavy atom. The van der Waals surface area contributed by atoms with Gasteiger partial charge in [0.1, 0.15) is 10.8 Å². The lowest BCUT2D eigenvalue weighted by molar-refractivity contribution is -0.117. The van der Waals surface area contributed by atoms with Crippen LogP contribution in [-0.2, 0) is 4.79 Å². The summed E-state index contributed by atoms with van der Waals surface area (Å²) in [6.07, 6.45) is 1.60. The van der Waals surface area contributed by atoms with E-state index in [1.165, 1.54) is 0 Å². The number of rotatable bonds is 5. The van der Waals surface area contributed by atoms with Gasteiger partial charge in [0.15, 0.2) is 4.34 Å². The van der Waals surface area contributed by atoms with Gasteiger partial charge in [0, 0.05) is 12.2 Å². The molecular weight excluding hydrogens is 204 g/mol. The average molecular weight is 216 g/mol. The van der Waals surface area contributed by atoms with Crippen LogP contribution in [0.3, 0.4) is 0 Å². The normalized spacial score (nSPS) is 10.3. The Morgan fingerprint density at radius 3 is 2.85 bits per heavy atom. The van der Waals surface area contributed by atoms with E-state index in [0.29, 0.717) is 6.42 Å². The highest BCUT2D eigenvalue weighted by molar-refractivity contribution is 8.01. The molecule has 0 aliphatic heterocycles. The summed E-state index contributed by atoms with van der Waals surface area (Å²) in [5, 5.41) is 8.88. The van der Waals surface area contributed by atoms with Gasteiger partial charge in [-0.25, -0.2) is 0 Å². The van der Waals surface area contributed by atoms with Crippen LogP contribution < -0.4 is 0 Å².